The van der Waals surface area contributed by atoms with E-state index in [-0.39, 0.29) is 17.9 Å². The third-order valence-corrected chi connectivity index (χ3v) is 6.61. The molecule has 190 valence electrons. The Morgan fingerprint density at radius 1 is 1.08 bits per heavy atom. The minimum Gasteiger partial charge on any atom is -0.486 e. The topological polar surface area (TPSA) is 71.0 Å². The van der Waals surface area contributed by atoms with Crippen LogP contribution in [0.4, 0.5) is 15.8 Å². The number of aliphatic carboxylic acids is 1. The molecule has 0 saturated carbocycles. The standard InChI is InChI=1S/C30H29FN2O4/c1-20(24-10-6-8-21-7-2-3-9-25(21)24)32-16-15-23-18-33(28-11-4-5-12-29(28)37-23)27-14-13-22(17-26(27)31)36-19-30(34)35/h2-14,17,20,23,32H,15-16,18-19H2,1H3,(H,34,35)/t20-,23?/m1/s1. The molecule has 1 unspecified atom stereocenters. The lowest BCUT2D eigenvalue weighted by atomic mass is 9.99. The molecule has 6 nitrogen and oxygen atoms in total. The lowest BCUT2D eigenvalue weighted by Gasteiger charge is -2.36. The average Bonchev–Trinajstić information content (AvgIpc) is 2.91. The minimum atomic E-state index is -1.11. The van der Waals surface area contributed by atoms with Crippen LogP contribution < -0.4 is 19.7 Å². The van der Waals surface area contributed by atoms with Crippen molar-refractivity contribution in [3.63, 3.8) is 0 Å². The third-order valence-electron chi connectivity index (χ3n) is 6.61. The normalized spacial score (nSPS) is 15.6. The Hall–Kier alpha value is -4.10. The van der Waals surface area contributed by atoms with Crippen molar-refractivity contribution >= 4 is 28.1 Å². The van der Waals surface area contributed by atoms with E-state index in [1.165, 1.54) is 22.4 Å². The van der Waals surface area contributed by atoms with Crippen LogP contribution in [-0.2, 0) is 4.79 Å². The van der Waals surface area contributed by atoms with Gasteiger partial charge in [0.05, 0.1) is 17.9 Å². The maximum Gasteiger partial charge on any atom is 0.341 e. The lowest BCUT2D eigenvalue weighted by Crippen LogP contribution is -2.39. The predicted molar refractivity (Wildman–Crippen MR) is 142 cm³/mol. The summed E-state index contributed by atoms with van der Waals surface area (Å²) in [5.41, 5.74) is 2.43. The largest absolute Gasteiger partial charge is 0.486 e. The van der Waals surface area contributed by atoms with Gasteiger partial charge in [-0.15, -0.1) is 0 Å². The fourth-order valence-electron chi connectivity index (χ4n) is 4.82. The molecule has 0 radical (unpaired) electrons. The Balaban J connectivity index is 1.28. The fourth-order valence-corrected chi connectivity index (χ4v) is 4.82. The van der Waals surface area contributed by atoms with Crippen molar-refractivity contribution in [2.75, 3.05) is 24.6 Å². The van der Waals surface area contributed by atoms with E-state index >= 15 is 4.39 Å². The fraction of sp³-hybridized carbons (Fsp3) is 0.233. The predicted octanol–water partition coefficient (Wildman–Crippen LogP) is 6.08. The molecule has 1 aliphatic rings. The smallest absolute Gasteiger partial charge is 0.341 e. The van der Waals surface area contributed by atoms with Gasteiger partial charge in [-0.3, -0.25) is 0 Å². The number of carboxylic acid groups (broad SMARTS) is 1. The number of para-hydroxylation sites is 2. The highest BCUT2D eigenvalue weighted by Crippen LogP contribution is 2.40. The van der Waals surface area contributed by atoms with Crippen LogP contribution in [0.1, 0.15) is 24.9 Å². The number of ether oxygens (including phenoxy) is 2. The summed E-state index contributed by atoms with van der Waals surface area (Å²) in [7, 11) is 0. The highest BCUT2D eigenvalue weighted by Gasteiger charge is 2.28. The van der Waals surface area contributed by atoms with Crippen molar-refractivity contribution in [2.24, 2.45) is 0 Å². The van der Waals surface area contributed by atoms with Gasteiger partial charge in [-0.05, 0) is 60.5 Å². The highest BCUT2D eigenvalue weighted by molar-refractivity contribution is 5.86. The molecule has 0 aromatic heterocycles. The van der Waals surface area contributed by atoms with Gasteiger partial charge in [-0.25, -0.2) is 9.18 Å². The van der Waals surface area contributed by atoms with Crippen molar-refractivity contribution in [3.05, 3.63) is 96.3 Å². The summed E-state index contributed by atoms with van der Waals surface area (Å²) < 4.78 is 26.5. The summed E-state index contributed by atoms with van der Waals surface area (Å²) in [6.07, 6.45) is 0.589. The molecule has 0 spiro atoms. The summed E-state index contributed by atoms with van der Waals surface area (Å²) >= 11 is 0. The molecule has 4 aromatic rings. The zero-order valence-electron chi connectivity index (χ0n) is 20.6. The number of anilines is 2. The van der Waals surface area contributed by atoms with E-state index < -0.39 is 18.4 Å². The van der Waals surface area contributed by atoms with Crippen molar-refractivity contribution in [2.45, 2.75) is 25.5 Å². The monoisotopic (exact) mass is 500 g/mol. The molecule has 37 heavy (non-hydrogen) atoms. The van der Waals surface area contributed by atoms with E-state index in [0.717, 1.165) is 18.7 Å². The van der Waals surface area contributed by atoms with Gasteiger partial charge in [0, 0.05) is 12.1 Å². The molecule has 0 fully saturated rings. The molecular formula is C30H29FN2O4. The first-order chi connectivity index (χ1) is 18.0. The number of nitrogens with one attached hydrogen (secondary N) is 1. The SMILES string of the molecule is C[C@@H](NCCC1CN(c2ccc(OCC(=O)O)cc2F)c2ccccc2O1)c1cccc2ccccc12. The second-order valence-corrected chi connectivity index (χ2v) is 9.15. The van der Waals surface area contributed by atoms with Crippen LogP contribution in [0.2, 0.25) is 0 Å². The summed E-state index contributed by atoms with van der Waals surface area (Å²) in [6.45, 7) is 2.85. The van der Waals surface area contributed by atoms with E-state index in [1.807, 2.05) is 35.2 Å². The zero-order valence-corrected chi connectivity index (χ0v) is 20.6. The van der Waals surface area contributed by atoms with Crippen LogP contribution in [0.15, 0.2) is 84.9 Å². The van der Waals surface area contributed by atoms with Gasteiger partial charge in [-0.2, -0.15) is 0 Å². The van der Waals surface area contributed by atoms with Crippen molar-refractivity contribution in [1.82, 2.24) is 5.32 Å². The first-order valence-corrected chi connectivity index (χ1v) is 12.4. The molecule has 1 aliphatic heterocycles. The van der Waals surface area contributed by atoms with E-state index in [4.69, 9.17) is 14.6 Å². The molecule has 2 N–H and O–H groups in total. The maximum atomic E-state index is 15.1. The van der Waals surface area contributed by atoms with Gasteiger partial charge in [0.1, 0.15) is 17.6 Å². The van der Waals surface area contributed by atoms with Gasteiger partial charge in [0.15, 0.2) is 12.4 Å². The quantitative estimate of drug-likeness (QED) is 0.290. The van der Waals surface area contributed by atoms with Crippen LogP contribution in [-0.4, -0.2) is 36.9 Å². The van der Waals surface area contributed by atoms with Gasteiger partial charge >= 0.3 is 5.97 Å². The summed E-state index contributed by atoms with van der Waals surface area (Å²) in [5.74, 6) is -0.723. The minimum absolute atomic E-state index is 0.149. The number of rotatable bonds is 9. The first kappa shape index (κ1) is 24.6. The molecule has 7 heteroatoms. The molecule has 0 aliphatic carbocycles. The molecule has 0 saturated heterocycles. The molecule has 0 bridgehead atoms. The second-order valence-electron chi connectivity index (χ2n) is 9.15. The molecule has 4 aromatic carbocycles. The molecular weight excluding hydrogens is 471 g/mol. The van der Waals surface area contributed by atoms with Crippen molar-refractivity contribution in [1.29, 1.82) is 0 Å². The van der Waals surface area contributed by atoms with E-state index in [9.17, 15) is 4.79 Å². The van der Waals surface area contributed by atoms with Crippen molar-refractivity contribution < 1.29 is 23.8 Å². The van der Waals surface area contributed by atoms with E-state index in [1.54, 1.807) is 12.1 Å². The lowest BCUT2D eigenvalue weighted by molar-refractivity contribution is -0.139. The number of hydrogen-bond acceptors (Lipinski definition) is 5. The number of halogens is 1. The Labute approximate surface area is 215 Å². The van der Waals surface area contributed by atoms with Crippen LogP contribution >= 0.6 is 0 Å². The van der Waals surface area contributed by atoms with E-state index in [2.05, 4.69) is 48.6 Å². The number of carbonyl (C=O) groups is 1. The Bertz CT molecular complexity index is 1400. The summed E-state index contributed by atoms with van der Waals surface area (Å²) in [6, 6.07) is 26.9. The van der Waals surface area contributed by atoms with Gasteiger partial charge in [0.2, 0.25) is 0 Å². The third kappa shape index (κ3) is 5.52. The Morgan fingerprint density at radius 3 is 2.70 bits per heavy atom. The number of benzene rings is 4. The zero-order chi connectivity index (χ0) is 25.8. The Kier molecular flexibility index (Phi) is 7.23. The molecule has 2 atom stereocenters. The summed E-state index contributed by atoms with van der Waals surface area (Å²) in [5, 5.41) is 14.9. The van der Waals surface area contributed by atoms with Gasteiger partial charge < -0.3 is 24.8 Å². The van der Waals surface area contributed by atoms with Crippen LogP contribution in [0.5, 0.6) is 11.5 Å². The van der Waals surface area contributed by atoms with Crippen molar-refractivity contribution in [3.8, 4) is 11.5 Å². The number of fused-ring (bicyclic) bond motifs is 2. The highest BCUT2D eigenvalue weighted by atomic mass is 19.1. The average molecular weight is 501 g/mol. The van der Waals surface area contributed by atoms with Gasteiger partial charge in [-0.1, -0.05) is 54.6 Å². The van der Waals surface area contributed by atoms with E-state index in [0.29, 0.717) is 18.0 Å². The van der Waals surface area contributed by atoms with Crippen LogP contribution in [0.3, 0.4) is 0 Å². The number of hydrogen-bond donors (Lipinski definition) is 2. The van der Waals surface area contributed by atoms with Crippen LogP contribution in [0, 0.1) is 5.82 Å². The number of nitrogens with zero attached hydrogens (tertiary/aromatic N) is 1. The summed E-state index contributed by atoms with van der Waals surface area (Å²) in [4.78, 5) is 12.7. The number of carboxylic acids is 1. The first-order valence-electron chi connectivity index (χ1n) is 12.4. The maximum absolute atomic E-state index is 15.1. The Morgan fingerprint density at radius 2 is 1.86 bits per heavy atom. The van der Waals surface area contributed by atoms with Gasteiger partial charge in [0.25, 0.3) is 0 Å². The molecule has 1 heterocycles. The molecule has 5 rings (SSSR count). The second kappa shape index (κ2) is 10.9. The van der Waals surface area contributed by atoms with Crippen LogP contribution in [0.25, 0.3) is 10.8 Å². The molecule has 0 amide bonds.